The molecule has 2 N–H and O–H groups in total. The van der Waals surface area contributed by atoms with Crippen LogP contribution in [0.4, 0.5) is 0 Å². The Bertz CT molecular complexity index is 224. The minimum atomic E-state index is 0.862. The summed E-state index contributed by atoms with van der Waals surface area (Å²) in [6, 6.07) is 8.27. The van der Waals surface area contributed by atoms with Crippen LogP contribution in [0, 0.1) is 0 Å². The second-order valence-electron chi connectivity index (χ2n) is 2.27. The molecule has 0 bridgehead atoms. The molecule has 1 heterocycles. The number of hydrazine groups is 1. The number of hydrogen-bond acceptors (Lipinski definition) is 3. The first-order valence-electron chi connectivity index (χ1n) is 3.14. The zero-order chi connectivity index (χ0) is 6.97. The molecule has 0 amide bonds. The second kappa shape index (κ2) is 2.27. The van der Waals surface area contributed by atoms with Gasteiger partial charge in [-0.1, -0.05) is 18.2 Å². The van der Waals surface area contributed by atoms with Crippen molar-refractivity contribution in [1.29, 1.82) is 0 Å². The molecule has 0 atom stereocenters. The quantitative estimate of drug-likeness (QED) is 0.450. The number of fused-ring (bicyclic) bond motifs is 1. The van der Waals surface area contributed by atoms with Crippen LogP contribution in [0.15, 0.2) is 29.2 Å². The van der Waals surface area contributed by atoms with Crippen molar-refractivity contribution in [2.45, 2.75) is 11.4 Å². The third kappa shape index (κ3) is 0.923. The van der Waals surface area contributed by atoms with Crippen LogP contribution in [0.1, 0.15) is 5.56 Å². The SMILES string of the molecule is NN1Cc2ccccc2S1. The topological polar surface area (TPSA) is 29.3 Å². The Morgan fingerprint density at radius 3 is 3.00 bits per heavy atom. The van der Waals surface area contributed by atoms with E-state index in [-0.39, 0.29) is 0 Å². The van der Waals surface area contributed by atoms with Crippen LogP contribution in [0.5, 0.6) is 0 Å². The van der Waals surface area contributed by atoms with Gasteiger partial charge in [-0.3, -0.25) is 5.84 Å². The third-order valence-corrected chi connectivity index (χ3v) is 2.47. The van der Waals surface area contributed by atoms with Crippen molar-refractivity contribution >= 4 is 11.9 Å². The van der Waals surface area contributed by atoms with Gasteiger partial charge in [0, 0.05) is 4.90 Å². The molecular weight excluding hydrogens is 144 g/mol. The first-order valence-corrected chi connectivity index (χ1v) is 3.92. The fourth-order valence-corrected chi connectivity index (χ4v) is 1.90. The van der Waals surface area contributed by atoms with Crippen molar-refractivity contribution in [3.8, 4) is 0 Å². The van der Waals surface area contributed by atoms with Gasteiger partial charge in [-0.15, -0.1) is 0 Å². The largest absolute Gasteiger partial charge is 0.258 e. The van der Waals surface area contributed by atoms with Crippen LogP contribution in [0.2, 0.25) is 0 Å². The average molecular weight is 152 g/mol. The Balaban J connectivity index is 2.42. The van der Waals surface area contributed by atoms with Crippen molar-refractivity contribution < 1.29 is 0 Å². The highest BCUT2D eigenvalue weighted by Crippen LogP contribution is 2.32. The van der Waals surface area contributed by atoms with Crippen LogP contribution < -0.4 is 5.84 Å². The van der Waals surface area contributed by atoms with E-state index in [2.05, 4.69) is 12.1 Å². The summed E-state index contributed by atoms with van der Waals surface area (Å²) in [6.45, 7) is 0.862. The summed E-state index contributed by atoms with van der Waals surface area (Å²) in [5.74, 6) is 5.58. The highest BCUT2D eigenvalue weighted by molar-refractivity contribution is 7.97. The Morgan fingerprint density at radius 1 is 1.40 bits per heavy atom. The summed E-state index contributed by atoms with van der Waals surface area (Å²) in [6.07, 6.45) is 0. The molecule has 0 unspecified atom stereocenters. The molecular formula is C7H8N2S. The number of nitrogens with zero attached hydrogens (tertiary/aromatic N) is 1. The Kier molecular flexibility index (Phi) is 1.41. The number of nitrogens with two attached hydrogens (primary N) is 1. The van der Waals surface area contributed by atoms with Gasteiger partial charge in [0.1, 0.15) is 0 Å². The lowest BCUT2D eigenvalue weighted by atomic mass is 10.2. The van der Waals surface area contributed by atoms with Gasteiger partial charge >= 0.3 is 0 Å². The van der Waals surface area contributed by atoms with Crippen molar-refractivity contribution in [2.24, 2.45) is 5.84 Å². The zero-order valence-electron chi connectivity index (χ0n) is 5.45. The monoisotopic (exact) mass is 152 g/mol. The van der Waals surface area contributed by atoms with Crippen molar-refractivity contribution in [3.63, 3.8) is 0 Å². The summed E-state index contributed by atoms with van der Waals surface area (Å²) >= 11 is 1.60. The second-order valence-corrected chi connectivity index (χ2v) is 3.37. The molecule has 3 heteroatoms. The van der Waals surface area contributed by atoms with E-state index in [1.807, 2.05) is 12.1 Å². The fraction of sp³-hybridized carbons (Fsp3) is 0.143. The van der Waals surface area contributed by atoms with Crippen LogP contribution in [0.3, 0.4) is 0 Å². The standard InChI is InChI=1S/C7H8N2S/c8-9-5-6-3-1-2-4-7(6)10-9/h1-4H,5,8H2. The van der Waals surface area contributed by atoms with E-state index in [1.54, 1.807) is 16.4 Å². The van der Waals surface area contributed by atoms with Gasteiger partial charge in [0.2, 0.25) is 0 Å². The molecule has 2 nitrogen and oxygen atoms in total. The molecule has 2 rings (SSSR count). The summed E-state index contributed by atoms with van der Waals surface area (Å²) in [4.78, 5) is 1.28. The number of rotatable bonds is 0. The third-order valence-electron chi connectivity index (χ3n) is 1.51. The lowest BCUT2D eigenvalue weighted by Crippen LogP contribution is -2.17. The van der Waals surface area contributed by atoms with E-state index in [4.69, 9.17) is 5.84 Å². The molecule has 0 fully saturated rings. The molecule has 1 aliphatic rings. The Hall–Kier alpha value is -0.510. The summed E-state index contributed by atoms with van der Waals surface area (Å²) in [5.41, 5.74) is 1.33. The normalized spacial score (nSPS) is 17.3. The summed E-state index contributed by atoms with van der Waals surface area (Å²) < 4.78 is 1.74. The minimum Gasteiger partial charge on any atom is -0.258 e. The Morgan fingerprint density at radius 2 is 2.20 bits per heavy atom. The van der Waals surface area contributed by atoms with E-state index in [9.17, 15) is 0 Å². The minimum absolute atomic E-state index is 0.862. The van der Waals surface area contributed by atoms with Crippen LogP contribution >= 0.6 is 11.9 Å². The molecule has 0 saturated carbocycles. The molecule has 10 heavy (non-hydrogen) atoms. The van der Waals surface area contributed by atoms with Crippen LogP contribution in [-0.4, -0.2) is 4.41 Å². The molecule has 0 aliphatic carbocycles. The fourth-order valence-electron chi connectivity index (χ4n) is 1.05. The molecule has 1 aromatic rings. The predicted octanol–water partition coefficient (Wildman–Crippen LogP) is 1.38. The van der Waals surface area contributed by atoms with E-state index >= 15 is 0 Å². The first kappa shape index (κ1) is 6.22. The van der Waals surface area contributed by atoms with E-state index in [0.717, 1.165) is 6.54 Å². The van der Waals surface area contributed by atoms with Crippen molar-refractivity contribution in [3.05, 3.63) is 29.8 Å². The summed E-state index contributed by atoms with van der Waals surface area (Å²) in [7, 11) is 0. The van der Waals surface area contributed by atoms with Gasteiger partial charge in [-0.25, -0.2) is 0 Å². The number of benzene rings is 1. The van der Waals surface area contributed by atoms with Gasteiger partial charge < -0.3 is 0 Å². The predicted molar refractivity (Wildman–Crippen MR) is 42.0 cm³/mol. The average Bonchev–Trinajstić information content (AvgIpc) is 2.27. The van der Waals surface area contributed by atoms with Crippen molar-refractivity contribution in [1.82, 2.24) is 4.41 Å². The molecule has 0 aromatic heterocycles. The maximum absolute atomic E-state index is 5.58. The van der Waals surface area contributed by atoms with Crippen LogP contribution in [0.25, 0.3) is 0 Å². The van der Waals surface area contributed by atoms with Gasteiger partial charge in [0.25, 0.3) is 0 Å². The van der Waals surface area contributed by atoms with Crippen molar-refractivity contribution in [2.75, 3.05) is 0 Å². The maximum atomic E-state index is 5.58. The van der Waals surface area contributed by atoms with Gasteiger partial charge in [0.05, 0.1) is 6.54 Å². The van der Waals surface area contributed by atoms with E-state index in [1.165, 1.54) is 10.5 Å². The molecule has 0 radical (unpaired) electrons. The molecule has 0 spiro atoms. The molecule has 0 saturated heterocycles. The zero-order valence-corrected chi connectivity index (χ0v) is 6.27. The Labute approximate surface area is 64.1 Å². The van der Waals surface area contributed by atoms with Gasteiger partial charge in [0.15, 0.2) is 0 Å². The lowest BCUT2D eigenvalue weighted by Gasteiger charge is -2.00. The highest BCUT2D eigenvalue weighted by atomic mass is 32.2. The molecule has 1 aromatic carbocycles. The lowest BCUT2D eigenvalue weighted by molar-refractivity contribution is 0.508. The van der Waals surface area contributed by atoms with Crippen LogP contribution in [-0.2, 0) is 6.54 Å². The smallest absolute Gasteiger partial charge is 0.0508 e. The molecule has 52 valence electrons. The van der Waals surface area contributed by atoms with Gasteiger partial charge in [-0.2, -0.15) is 4.41 Å². The van der Waals surface area contributed by atoms with Gasteiger partial charge in [-0.05, 0) is 23.6 Å². The molecule has 1 aliphatic heterocycles. The van der Waals surface area contributed by atoms with E-state index < -0.39 is 0 Å². The number of hydrogen-bond donors (Lipinski definition) is 1. The van der Waals surface area contributed by atoms with E-state index in [0.29, 0.717) is 0 Å². The maximum Gasteiger partial charge on any atom is 0.0508 e. The highest BCUT2D eigenvalue weighted by Gasteiger charge is 2.15. The summed E-state index contributed by atoms with van der Waals surface area (Å²) in [5, 5.41) is 0. The first-order chi connectivity index (χ1) is 4.86.